The number of nitrogens with one attached hydrogen (secondary N) is 2. The summed E-state index contributed by atoms with van der Waals surface area (Å²) in [6, 6.07) is 5.23. The average molecular weight is 281 g/mol. The van der Waals surface area contributed by atoms with Crippen molar-refractivity contribution in [2.45, 2.75) is 13.0 Å². The van der Waals surface area contributed by atoms with E-state index >= 15 is 0 Å². The Balaban J connectivity index is 2.71. The van der Waals surface area contributed by atoms with Gasteiger partial charge in [-0.15, -0.1) is 0 Å². The molecular formula is C12H15N3O5. The molecule has 2 amide bonds. The van der Waals surface area contributed by atoms with Gasteiger partial charge in [-0.2, -0.15) is 0 Å². The predicted octanol–water partition coefficient (Wildman–Crippen LogP) is 0.684. The fourth-order valence-corrected chi connectivity index (χ4v) is 1.50. The topological polar surface area (TPSA) is 111 Å². The van der Waals surface area contributed by atoms with E-state index in [0.29, 0.717) is 0 Å². The van der Waals surface area contributed by atoms with Crippen LogP contribution in [-0.2, 0) is 14.3 Å². The number of carbonyl (C=O) groups is 2. The van der Waals surface area contributed by atoms with Crippen LogP contribution in [0.5, 0.6) is 0 Å². The highest BCUT2D eigenvalue weighted by atomic mass is 16.6. The number of amides is 2. The van der Waals surface area contributed by atoms with Crippen molar-refractivity contribution in [1.82, 2.24) is 5.32 Å². The molecule has 8 nitrogen and oxygen atoms in total. The number of hydrogen-bond donors (Lipinski definition) is 2. The summed E-state index contributed by atoms with van der Waals surface area (Å²) >= 11 is 0. The lowest BCUT2D eigenvalue weighted by molar-refractivity contribution is -0.383. The third-order valence-electron chi connectivity index (χ3n) is 2.35. The fourth-order valence-electron chi connectivity index (χ4n) is 1.50. The van der Waals surface area contributed by atoms with Crippen molar-refractivity contribution in [3.63, 3.8) is 0 Å². The summed E-state index contributed by atoms with van der Waals surface area (Å²) in [6.07, 6.45) is 0. The van der Waals surface area contributed by atoms with Gasteiger partial charge in [-0.05, 0) is 13.0 Å². The molecule has 0 aliphatic rings. The molecule has 0 aliphatic heterocycles. The van der Waals surface area contributed by atoms with E-state index in [-0.39, 0.29) is 24.0 Å². The minimum atomic E-state index is -0.970. The maximum atomic E-state index is 11.6. The Bertz CT molecular complexity index is 518. The molecular weight excluding hydrogens is 266 g/mol. The number of rotatable bonds is 5. The van der Waals surface area contributed by atoms with Crippen LogP contribution in [0.15, 0.2) is 24.3 Å². The molecule has 108 valence electrons. The van der Waals surface area contributed by atoms with Crippen molar-refractivity contribution in [3.8, 4) is 0 Å². The molecule has 0 unspecified atom stereocenters. The Kier molecular flexibility index (Phi) is 5.60. The van der Waals surface area contributed by atoms with Gasteiger partial charge in [0.15, 0.2) is 0 Å². The average Bonchev–Trinajstić information content (AvgIpc) is 2.39. The first-order valence-corrected chi connectivity index (χ1v) is 5.80. The van der Waals surface area contributed by atoms with Gasteiger partial charge in [0.25, 0.3) is 5.69 Å². The zero-order valence-corrected chi connectivity index (χ0v) is 11.1. The second kappa shape index (κ2) is 7.19. The van der Waals surface area contributed by atoms with E-state index in [1.54, 1.807) is 6.92 Å². The van der Waals surface area contributed by atoms with Gasteiger partial charge >= 0.3 is 11.8 Å². The SMILES string of the molecule is COC[C@@H](C)NC(=O)C(=O)Nc1ccccc1[N+](=O)[O-]. The van der Waals surface area contributed by atoms with Crippen LogP contribution in [0.25, 0.3) is 0 Å². The number of methoxy groups -OCH3 is 1. The summed E-state index contributed by atoms with van der Waals surface area (Å²) in [5.41, 5.74) is -0.310. The minimum Gasteiger partial charge on any atom is -0.383 e. The maximum absolute atomic E-state index is 11.6. The summed E-state index contributed by atoms with van der Waals surface area (Å²) in [5, 5.41) is 15.4. The monoisotopic (exact) mass is 281 g/mol. The van der Waals surface area contributed by atoms with Gasteiger partial charge < -0.3 is 15.4 Å². The predicted molar refractivity (Wildman–Crippen MR) is 71.2 cm³/mol. The van der Waals surface area contributed by atoms with E-state index in [4.69, 9.17) is 4.74 Å². The van der Waals surface area contributed by atoms with Gasteiger partial charge in [-0.3, -0.25) is 19.7 Å². The second-order valence-corrected chi connectivity index (χ2v) is 4.06. The third-order valence-corrected chi connectivity index (χ3v) is 2.35. The number of nitro benzene ring substituents is 1. The molecule has 1 aromatic carbocycles. The molecule has 1 aromatic rings. The van der Waals surface area contributed by atoms with Crippen LogP contribution in [0.2, 0.25) is 0 Å². The highest BCUT2D eigenvalue weighted by molar-refractivity contribution is 6.39. The molecule has 0 bridgehead atoms. The van der Waals surface area contributed by atoms with E-state index in [2.05, 4.69) is 10.6 Å². The lowest BCUT2D eigenvalue weighted by Crippen LogP contribution is -2.42. The fraction of sp³-hybridized carbons (Fsp3) is 0.333. The van der Waals surface area contributed by atoms with Crippen LogP contribution >= 0.6 is 0 Å². The van der Waals surface area contributed by atoms with Gasteiger partial charge in [-0.25, -0.2) is 0 Å². The smallest absolute Gasteiger partial charge is 0.313 e. The second-order valence-electron chi connectivity index (χ2n) is 4.06. The molecule has 0 spiro atoms. The number of benzene rings is 1. The van der Waals surface area contributed by atoms with E-state index in [9.17, 15) is 19.7 Å². The Morgan fingerprint density at radius 3 is 2.60 bits per heavy atom. The highest BCUT2D eigenvalue weighted by Gasteiger charge is 2.20. The number of ether oxygens (including phenoxy) is 1. The normalized spacial score (nSPS) is 11.5. The van der Waals surface area contributed by atoms with Crippen molar-refractivity contribution in [3.05, 3.63) is 34.4 Å². The molecule has 0 aliphatic carbocycles. The van der Waals surface area contributed by atoms with Crippen LogP contribution in [0, 0.1) is 10.1 Å². The summed E-state index contributed by atoms with van der Waals surface area (Å²) in [4.78, 5) is 33.3. The summed E-state index contributed by atoms with van der Waals surface area (Å²) in [6.45, 7) is 1.92. The number of carbonyl (C=O) groups excluding carboxylic acids is 2. The standard InChI is InChI=1S/C12H15N3O5/c1-8(7-20-2)13-11(16)12(17)14-9-5-3-4-6-10(9)15(18)19/h3-6,8H,7H2,1-2H3,(H,13,16)(H,14,17)/t8-/m1/s1. The molecule has 0 saturated heterocycles. The molecule has 20 heavy (non-hydrogen) atoms. The number of hydrogen-bond acceptors (Lipinski definition) is 5. The lowest BCUT2D eigenvalue weighted by atomic mass is 10.2. The third kappa shape index (κ3) is 4.32. The zero-order chi connectivity index (χ0) is 15.1. The van der Waals surface area contributed by atoms with Gasteiger partial charge in [0, 0.05) is 19.2 Å². The molecule has 8 heteroatoms. The van der Waals surface area contributed by atoms with Crippen LogP contribution in [0.4, 0.5) is 11.4 Å². The van der Waals surface area contributed by atoms with Crippen LogP contribution in [0.1, 0.15) is 6.92 Å². The van der Waals surface area contributed by atoms with E-state index in [0.717, 1.165) is 0 Å². The molecule has 0 heterocycles. The van der Waals surface area contributed by atoms with Crippen molar-refractivity contribution < 1.29 is 19.2 Å². The Morgan fingerprint density at radius 2 is 2.00 bits per heavy atom. The molecule has 0 aromatic heterocycles. The highest BCUT2D eigenvalue weighted by Crippen LogP contribution is 2.22. The molecule has 1 atom stereocenters. The van der Waals surface area contributed by atoms with E-state index in [1.165, 1.54) is 31.4 Å². The Labute approximate surface area is 115 Å². The Hall–Kier alpha value is -2.48. The minimum absolute atomic E-state index is 0.0305. The lowest BCUT2D eigenvalue weighted by Gasteiger charge is -2.12. The van der Waals surface area contributed by atoms with Gasteiger partial charge in [0.05, 0.1) is 11.5 Å². The first-order valence-electron chi connectivity index (χ1n) is 5.80. The summed E-state index contributed by atoms with van der Waals surface area (Å²) in [7, 11) is 1.47. The number of nitrogens with zero attached hydrogens (tertiary/aromatic N) is 1. The number of nitro groups is 1. The molecule has 0 radical (unpaired) electrons. The van der Waals surface area contributed by atoms with Crippen LogP contribution < -0.4 is 10.6 Å². The van der Waals surface area contributed by atoms with Crippen LogP contribution in [-0.4, -0.2) is 36.5 Å². The molecule has 2 N–H and O–H groups in total. The maximum Gasteiger partial charge on any atom is 0.313 e. The molecule has 1 rings (SSSR count). The summed E-state index contributed by atoms with van der Waals surface area (Å²) < 4.78 is 4.82. The van der Waals surface area contributed by atoms with Gasteiger partial charge in [0.1, 0.15) is 5.69 Å². The van der Waals surface area contributed by atoms with E-state index in [1.807, 2.05) is 0 Å². The van der Waals surface area contributed by atoms with Gasteiger partial charge in [-0.1, -0.05) is 12.1 Å². The molecule has 0 fully saturated rings. The first kappa shape index (κ1) is 15.6. The zero-order valence-electron chi connectivity index (χ0n) is 11.1. The van der Waals surface area contributed by atoms with E-state index < -0.39 is 16.7 Å². The Morgan fingerprint density at radius 1 is 1.35 bits per heavy atom. The first-order chi connectivity index (χ1) is 9.45. The molecule has 0 saturated carbocycles. The van der Waals surface area contributed by atoms with Crippen molar-refractivity contribution in [1.29, 1.82) is 0 Å². The largest absolute Gasteiger partial charge is 0.383 e. The number of anilines is 1. The quantitative estimate of drug-likeness (QED) is 0.468. The van der Waals surface area contributed by atoms with Crippen molar-refractivity contribution >= 4 is 23.2 Å². The summed E-state index contributed by atoms with van der Waals surface area (Å²) in [5.74, 6) is -1.85. The number of para-hydroxylation sites is 2. The van der Waals surface area contributed by atoms with Crippen molar-refractivity contribution in [2.24, 2.45) is 0 Å². The van der Waals surface area contributed by atoms with Crippen molar-refractivity contribution in [2.75, 3.05) is 19.0 Å². The van der Waals surface area contributed by atoms with Crippen LogP contribution in [0.3, 0.4) is 0 Å². The van der Waals surface area contributed by atoms with Gasteiger partial charge in [0.2, 0.25) is 0 Å².